The topological polar surface area (TPSA) is 0 Å². The molecule has 0 heterocycles. The largest absolute Gasteiger partial charge is 0.0718 e. The summed E-state index contributed by atoms with van der Waals surface area (Å²) < 4.78 is 1.24. The monoisotopic (exact) mass is 176 g/mol. The zero-order chi connectivity index (χ0) is 6.57. The summed E-state index contributed by atoms with van der Waals surface area (Å²) in [7, 11) is 0. The minimum Gasteiger partial charge on any atom is -0.0718 e. The van der Waals surface area contributed by atoms with E-state index >= 15 is 0 Å². The molecule has 0 spiro atoms. The van der Waals surface area contributed by atoms with Crippen molar-refractivity contribution in [1.82, 2.24) is 0 Å². The smallest absolute Gasteiger partial charge is 0.0118 e. The third kappa shape index (κ3) is 4.38. The average Bonchev–Trinajstić information content (AvgIpc) is 1.65. The molecular formula is C7H13Br. The molecule has 8 heavy (non-hydrogen) atoms. The molecule has 0 bridgehead atoms. The van der Waals surface area contributed by atoms with E-state index in [0.717, 1.165) is 5.92 Å². The first-order valence-electron chi connectivity index (χ1n) is 3.00. The van der Waals surface area contributed by atoms with Crippen LogP contribution in [-0.2, 0) is 0 Å². The van der Waals surface area contributed by atoms with Crippen LogP contribution in [0.3, 0.4) is 0 Å². The predicted molar refractivity (Wildman–Crippen MR) is 42.1 cm³/mol. The Balaban J connectivity index is 3.51. The Kier molecular flexibility index (Phi) is 4.25. The van der Waals surface area contributed by atoms with Crippen molar-refractivity contribution in [2.24, 2.45) is 5.92 Å². The molecule has 0 aliphatic heterocycles. The van der Waals surface area contributed by atoms with Crippen LogP contribution in [0.1, 0.15) is 27.2 Å². The van der Waals surface area contributed by atoms with Crippen molar-refractivity contribution in [1.29, 1.82) is 0 Å². The van der Waals surface area contributed by atoms with Crippen LogP contribution in [0.4, 0.5) is 0 Å². The Bertz CT molecular complexity index is 80.4. The quantitative estimate of drug-likeness (QED) is 0.606. The Morgan fingerprint density at radius 3 is 2.38 bits per heavy atom. The lowest BCUT2D eigenvalue weighted by atomic mass is 10.1. The summed E-state index contributed by atoms with van der Waals surface area (Å²) in [6, 6.07) is 0. The first-order chi connectivity index (χ1) is 3.66. The lowest BCUT2D eigenvalue weighted by molar-refractivity contribution is 0.696. The highest BCUT2D eigenvalue weighted by Gasteiger charge is 1.90. The van der Waals surface area contributed by atoms with Crippen LogP contribution in [0.25, 0.3) is 0 Å². The Morgan fingerprint density at radius 2 is 2.25 bits per heavy atom. The standard InChI is InChI=1S/C7H13Br/c1-4-6(2)5-7(3)8/h5-6H,4H2,1-3H3/b7-5+. The van der Waals surface area contributed by atoms with Gasteiger partial charge in [-0.1, -0.05) is 42.3 Å². The van der Waals surface area contributed by atoms with Crippen molar-refractivity contribution in [3.8, 4) is 0 Å². The molecule has 48 valence electrons. The molecule has 0 aromatic carbocycles. The lowest BCUT2D eigenvalue weighted by Crippen LogP contribution is -1.83. The Morgan fingerprint density at radius 1 is 1.75 bits per heavy atom. The van der Waals surface area contributed by atoms with Gasteiger partial charge in [0.05, 0.1) is 0 Å². The van der Waals surface area contributed by atoms with E-state index in [-0.39, 0.29) is 0 Å². The molecule has 0 radical (unpaired) electrons. The maximum Gasteiger partial charge on any atom is -0.0118 e. The molecule has 0 saturated heterocycles. The fourth-order valence-electron chi connectivity index (χ4n) is 0.510. The van der Waals surface area contributed by atoms with Gasteiger partial charge >= 0.3 is 0 Å². The molecule has 1 heteroatoms. The minimum absolute atomic E-state index is 0.717. The SMILES string of the molecule is CCC(C)/C=C(\C)Br. The van der Waals surface area contributed by atoms with Gasteiger partial charge in [0.1, 0.15) is 0 Å². The highest BCUT2D eigenvalue weighted by atomic mass is 79.9. The average molecular weight is 177 g/mol. The summed E-state index contributed by atoms with van der Waals surface area (Å²) in [6.07, 6.45) is 3.45. The van der Waals surface area contributed by atoms with Gasteiger partial charge < -0.3 is 0 Å². The second-order valence-corrected chi connectivity index (χ2v) is 3.39. The van der Waals surface area contributed by atoms with Crippen LogP contribution >= 0.6 is 15.9 Å². The minimum atomic E-state index is 0.717. The van der Waals surface area contributed by atoms with Gasteiger partial charge in [-0.15, -0.1) is 0 Å². The molecule has 0 rings (SSSR count). The van der Waals surface area contributed by atoms with Crippen molar-refractivity contribution >= 4 is 15.9 Å². The van der Waals surface area contributed by atoms with E-state index in [1.807, 2.05) is 0 Å². The van der Waals surface area contributed by atoms with Crippen molar-refractivity contribution in [3.05, 3.63) is 10.6 Å². The second kappa shape index (κ2) is 4.13. The van der Waals surface area contributed by atoms with Gasteiger partial charge in [-0.05, 0) is 17.3 Å². The van der Waals surface area contributed by atoms with Crippen molar-refractivity contribution in [2.45, 2.75) is 27.2 Å². The second-order valence-electron chi connectivity index (χ2n) is 2.14. The maximum absolute atomic E-state index is 3.38. The summed E-state index contributed by atoms with van der Waals surface area (Å²) in [4.78, 5) is 0. The molecule has 0 aromatic heterocycles. The zero-order valence-corrected chi connectivity index (χ0v) is 7.33. The van der Waals surface area contributed by atoms with E-state index in [4.69, 9.17) is 0 Å². The van der Waals surface area contributed by atoms with Crippen molar-refractivity contribution in [2.75, 3.05) is 0 Å². The molecule has 1 atom stereocenters. The summed E-state index contributed by atoms with van der Waals surface area (Å²) in [5, 5.41) is 0. The van der Waals surface area contributed by atoms with Gasteiger partial charge in [0.15, 0.2) is 0 Å². The van der Waals surface area contributed by atoms with Crippen LogP contribution < -0.4 is 0 Å². The van der Waals surface area contributed by atoms with Crippen LogP contribution in [0, 0.1) is 5.92 Å². The van der Waals surface area contributed by atoms with E-state index in [0.29, 0.717) is 0 Å². The number of hydrogen-bond acceptors (Lipinski definition) is 0. The van der Waals surface area contributed by atoms with Gasteiger partial charge in [-0.2, -0.15) is 0 Å². The third-order valence-corrected chi connectivity index (χ3v) is 1.42. The van der Waals surface area contributed by atoms with E-state index in [1.165, 1.54) is 10.9 Å². The fraction of sp³-hybridized carbons (Fsp3) is 0.714. The summed E-state index contributed by atoms with van der Waals surface area (Å²) in [5.41, 5.74) is 0. The predicted octanol–water partition coefficient (Wildman–Crippen LogP) is 3.33. The number of hydrogen-bond donors (Lipinski definition) is 0. The molecule has 0 aliphatic carbocycles. The number of allylic oxidation sites excluding steroid dienone is 2. The van der Waals surface area contributed by atoms with E-state index in [2.05, 4.69) is 42.8 Å². The van der Waals surface area contributed by atoms with Gasteiger partial charge in [0.25, 0.3) is 0 Å². The first-order valence-corrected chi connectivity index (χ1v) is 3.80. The molecule has 0 amide bonds. The van der Waals surface area contributed by atoms with Crippen LogP contribution in [-0.4, -0.2) is 0 Å². The first kappa shape index (κ1) is 8.22. The highest BCUT2D eigenvalue weighted by Crippen LogP contribution is 2.10. The summed E-state index contributed by atoms with van der Waals surface area (Å²) >= 11 is 3.38. The fourth-order valence-corrected chi connectivity index (χ4v) is 0.961. The van der Waals surface area contributed by atoms with E-state index in [9.17, 15) is 0 Å². The van der Waals surface area contributed by atoms with Crippen LogP contribution in [0.15, 0.2) is 10.6 Å². The summed E-state index contributed by atoms with van der Waals surface area (Å²) in [5.74, 6) is 0.717. The Hall–Kier alpha value is 0.220. The molecule has 1 unspecified atom stereocenters. The van der Waals surface area contributed by atoms with Crippen molar-refractivity contribution in [3.63, 3.8) is 0 Å². The number of halogens is 1. The van der Waals surface area contributed by atoms with Gasteiger partial charge in [-0.25, -0.2) is 0 Å². The highest BCUT2D eigenvalue weighted by molar-refractivity contribution is 9.11. The van der Waals surface area contributed by atoms with Crippen LogP contribution in [0.5, 0.6) is 0 Å². The summed E-state index contributed by atoms with van der Waals surface area (Å²) in [6.45, 7) is 6.47. The Labute approximate surface area is 60.1 Å². The molecule has 0 saturated carbocycles. The molecule has 0 aliphatic rings. The molecular weight excluding hydrogens is 164 g/mol. The van der Waals surface area contributed by atoms with Gasteiger partial charge in [0, 0.05) is 0 Å². The normalized spacial score (nSPS) is 16.2. The molecule has 0 fully saturated rings. The van der Waals surface area contributed by atoms with Gasteiger partial charge in [0.2, 0.25) is 0 Å². The zero-order valence-electron chi connectivity index (χ0n) is 5.74. The van der Waals surface area contributed by atoms with Crippen LogP contribution in [0.2, 0.25) is 0 Å². The molecule has 0 N–H and O–H groups in total. The molecule has 0 aromatic rings. The van der Waals surface area contributed by atoms with E-state index in [1.54, 1.807) is 0 Å². The molecule has 0 nitrogen and oxygen atoms in total. The third-order valence-electron chi connectivity index (χ3n) is 1.16. The lowest BCUT2D eigenvalue weighted by Gasteiger charge is -1.98. The van der Waals surface area contributed by atoms with Gasteiger partial charge in [-0.3, -0.25) is 0 Å². The number of rotatable bonds is 2. The van der Waals surface area contributed by atoms with Crippen molar-refractivity contribution < 1.29 is 0 Å². The van der Waals surface area contributed by atoms with E-state index < -0.39 is 0 Å². The maximum atomic E-state index is 3.38.